The first-order chi connectivity index (χ1) is 11.7. The van der Waals surface area contributed by atoms with Crippen LogP contribution in [-0.2, 0) is 14.7 Å². The van der Waals surface area contributed by atoms with Gasteiger partial charge in [-0.25, -0.2) is 13.7 Å². The van der Waals surface area contributed by atoms with E-state index in [9.17, 15) is 13.4 Å². The van der Waals surface area contributed by atoms with Crippen molar-refractivity contribution in [2.24, 2.45) is 21.2 Å². The van der Waals surface area contributed by atoms with Crippen LogP contribution in [0.4, 0.5) is 4.39 Å². The van der Waals surface area contributed by atoms with Crippen molar-refractivity contribution in [3.8, 4) is 11.1 Å². The Morgan fingerprint density at radius 2 is 1.73 bits per heavy atom. The zero-order chi connectivity index (χ0) is 18.6. The van der Waals surface area contributed by atoms with E-state index in [1.807, 2.05) is 13.8 Å². The molecule has 0 spiro atoms. The predicted octanol–water partition coefficient (Wildman–Crippen LogP) is 3.52. The standard InChI is InChI=1S/C18H22FN3O2S.ClH/c1-12(2)9-17(20)18(23)22-25(21,24)16-8-4-6-14(11-16)13-5-3-7-15(19)10-13;/h3-8,10-12,17H,9,20H2,1-2H3,(H2,21,22,23,24);1H/t17-,25?;/m0./s1. The predicted molar refractivity (Wildman–Crippen MR) is 105 cm³/mol. The molecule has 0 saturated carbocycles. The van der Waals surface area contributed by atoms with Crippen LogP contribution in [0.1, 0.15) is 20.3 Å². The highest BCUT2D eigenvalue weighted by Crippen LogP contribution is 2.23. The molecule has 0 bridgehead atoms. The van der Waals surface area contributed by atoms with Crippen molar-refractivity contribution in [3.05, 3.63) is 54.3 Å². The molecule has 1 unspecified atom stereocenters. The zero-order valence-electron chi connectivity index (χ0n) is 14.6. The molecule has 4 N–H and O–H groups in total. The Kier molecular flexibility index (Phi) is 7.89. The van der Waals surface area contributed by atoms with Gasteiger partial charge in [0.05, 0.1) is 10.9 Å². The summed E-state index contributed by atoms with van der Waals surface area (Å²) >= 11 is 0. The second-order valence-corrected chi connectivity index (χ2v) is 8.06. The third-order valence-electron chi connectivity index (χ3n) is 3.60. The normalized spacial score (nSPS) is 14.2. The maximum absolute atomic E-state index is 13.4. The molecule has 0 radical (unpaired) electrons. The lowest BCUT2D eigenvalue weighted by Crippen LogP contribution is -2.32. The number of hydrogen-bond donors (Lipinski definition) is 2. The molecule has 0 heterocycles. The Morgan fingerprint density at radius 1 is 1.15 bits per heavy atom. The van der Waals surface area contributed by atoms with Crippen LogP contribution >= 0.6 is 12.4 Å². The average molecular weight is 400 g/mol. The fraction of sp³-hybridized carbons (Fsp3) is 0.278. The molecule has 2 atom stereocenters. The second kappa shape index (κ2) is 9.23. The van der Waals surface area contributed by atoms with Crippen molar-refractivity contribution in [1.82, 2.24) is 0 Å². The summed E-state index contributed by atoms with van der Waals surface area (Å²) in [5.41, 5.74) is 7.01. The van der Waals surface area contributed by atoms with Crippen molar-refractivity contribution in [1.29, 1.82) is 0 Å². The minimum Gasteiger partial charge on any atom is -0.320 e. The SMILES string of the molecule is CC(C)C[C@H](N)C(=O)N=S(N)(=O)c1cccc(-c2cccc(F)c2)c1.Cl. The Hall–Kier alpha value is -1.80. The van der Waals surface area contributed by atoms with Crippen LogP contribution in [0.25, 0.3) is 11.1 Å². The molecular formula is C18H23ClFN3O2S. The molecule has 2 aromatic rings. The molecule has 1 amide bonds. The first-order valence-corrected chi connectivity index (χ1v) is 9.47. The number of amides is 1. The smallest absolute Gasteiger partial charge is 0.271 e. The van der Waals surface area contributed by atoms with E-state index in [2.05, 4.69) is 4.36 Å². The third-order valence-corrected chi connectivity index (χ3v) is 4.98. The summed E-state index contributed by atoms with van der Waals surface area (Å²) in [5, 5.41) is 5.80. The van der Waals surface area contributed by atoms with E-state index in [1.165, 1.54) is 18.2 Å². The monoisotopic (exact) mass is 399 g/mol. The molecule has 2 rings (SSSR count). The Labute approximate surface area is 159 Å². The number of benzene rings is 2. The molecule has 0 fully saturated rings. The van der Waals surface area contributed by atoms with E-state index in [4.69, 9.17) is 10.9 Å². The summed E-state index contributed by atoms with van der Waals surface area (Å²) in [6.07, 6.45) is 0.432. The van der Waals surface area contributed by atoms with Crippen molar-refractivity contribution in [2.75, 3.05) is 0 Å². The van der Waals surface area contributed by atoms with Gasteiger partial charge in [-0.05, 0) is 47.7 Å². The van der Waals surface area contributed by atoms with Crippen LogP contribution in [0, 0.1) is 11.7 Å². The van der Waals surface area contributed by atoms with Gasteiger partial charge < -0.3 is 5.73 Å². The Bertz CT molecular complexity index is 896. The highest BCUT2D eigenvalue weighted by atomic mass is 35.5. The Morgan fingerprint density at radius 3 is 2.31 bits per heavy atom. The largest absolute Gasteiger partial charge is 0.320 e. The summed E-state index contributed by atoms with van der Waals surface area (Å²) in [7, 11) is -3.43. The molecular weight excluding hydrogens is 377 g/mol. The average Bonchev–Trinajstić information content (AvgIpc) is 2.54. The van der Waals surface area contributed by atoms with Crippen LogP contribution < -0.4 is 10.9 Å². The first-order valence-electron chi connectivity index (χ1n) is 7.89. The van der Waals surface area contributed by atoms with E-state index in [1.54, 1.807) is 30.3 Å². The summed E-state index contributed by atoms with van der Waals surface area (Å²) in [4.78, 5) is 12.3. The number of nitrogens with two attached hydrogens (primary N) is 2. The summed E-state index contributed by atoms with van der Waals surface area (Å²) in [5.74, 6) is -0.854. The summed E-state index contributed by atoms with van der Waals surface area (Å²) < 4.78 is 29.7. The molecule has 0 aliphatic rings. The van der Waals surface area contributed by atoms with Gasteiger partial charge in [0.1, 0.15) is 15.7 Å². The molecule has 0 aliphatic heterocycles. The molecule has 5 nitrogen and oxygen atoms in total. The van der Waals surface area contributed by atoms with Crippen LogP contribution in [0.3, 0.4) is 0 Å². The van der Waals surface area contributed by atoms with Gasteiger partial charge in [0.25, 0.3) is 5.91 Å². The summed E-state index contributed by atoms with van der Waals surface area (Å²) in [6, 6.07) is 11.6. The van der Waals surface area contributed by atoms with E-state index >= 15 is 0 Å². The minimum absolute atomic E-state index is 0. The topological polar surface area (TPSA) is 98.5 Å². The quantitative estimate of drug-likeness (QED) is 0.804. The Balaban J connectivity index is 0.00000338. The lowest BCUT2D eigenvalue weighted by Gasteiger charge is -2.11. The highest BCUT2D eigenvalue weighted by Gasteiger charge is 2.18. The molecule has 8 heteroatoms. The molecule has 142 valence electrons. The van der Waals surface area contributed by atoms with Gasteiger partial charge in [0.15, 0.2) is 0 Å². The van der Waals surface area contributed by atoms with Crippen LogP contribution in [0.5, 0.6) is 0 Å². The maximum atomic E-state index is 13.4. The molecule has 0 aromatic heterocycles. The van der Waals surface area contributed by atoms with Crippen molar-refractivity contribution < 1.29 is 13.4 Å². The van der Waals surface area contributed by atoms with Crippen molar-refractivity contribution >= 4 is 28.2 Å². The lowest BCUT2D eigenvalue weighted by molar-refractivity contribution is -0.119. The number of rotatable bonds is 5. The van der Waals surface area contributed by atoms with Crippen molar-refractivity contribution in [2.45, 2.75) is 31.2 Å². The third kappa shape index (κ3) is 5.88. The van der Waals surface area contributed by atoms with Crippen molar-refractivity contribution in [3.63, 3.8) is 0 Å². The van der Waals surface area contributed by atoms with E-state index in [0.717, 1.165) is 0 Å². The lowest BCUT2D eigenvalue weighted by atomic mass is 10.0. The minimum atomic E-state index is -3.43. The molecule has 2 aromatic carbocycles. The van der Waals surface area contributed by atoms with Crippen LogP contribution in [0.15, 0.2) is 57.8 Å². The van der Waals surface area contributed by atoms with Crippen LogP contribution in [0.2, 0.25) is 0 Å². The number of hydrogen-bond acceptors (Lipinski definition) is 3. The van der Waals surface area contributed by atoms with Gasteiger partial charge in [0, 0.05) is 0 Å². The van der Waals surface area contributed by atoms with Gasteiger partial charge >= 0.3 is 0 Å². The van der Waals surface area contributed by atoms with Gasteiger partial charge in [-0.2, -0.15) is 0 Å². The fourth-order valence-corrected chi connectivity index (χ4v) is 3.47. The number of halogens is 2. The number of nitrogens with zero attached hydrogens (tertiary/aromatic N) is 1. The second-order valence-electron chi connectivity index (χ2n) is 6.27. The van der Waals surface area contributed by atoms with Crippen LogP contribution in [-0.4, -0.2) is 16.2 Å². The number of carbonyl (C=O) groups excluding carboxylic acids is 1. The van der Waals surface area contributed by atoms with Gasteiger partial charge in [-0.15, -0.1) is 16.8 Å². The van der Waals surface area contributed by atoms with E-state index in [-0.39, 0.29) is 29.0 Å². The first kappa shape index (κ1) is 22.2. The van der Waals surface area contributed by atoms with E-state index < -0.39 is 21.9 Å². The molecule has 0 aliphatic carbocycles. The zero-order valence-corrected chi connectivity index (χ0v) is 16.2. The maximum Gasteiger partial charge on any atom is 0.271 e. The number of carbonyl (C=O) groups is 1. The fourth-order valence-electron chi connectivity index (χ4n) is 2.39. The van der Waals surface area contributed by atoms with Gasteiger partial charge in [0.2, 0.25) is 0 Å². The van der Waals surface area contributed by atoms with E-state index in [0.29, 0.717) is 17.5 Å². The highest BCUT2D eigenvalue weighted by molar-refractivity contribution is 7.91. The van der Waals surface area contributed by atoms with Gasteiger partial charge in [-0.3, -0.25) is 4.79 Å². The molecule has 26 heavy (non-hydrogen) atoms. The summed E-state index contributed by atoms with van der Waals surface area (Å²) in [6.45, 7) is 3.85. The van der Waals surface area contributed by atoms with Gasteiger partial charge in [-0.1, -0.05) is 38.1 Å². The molecule has 0 saturated heterocycles.